The smallest absolute Gasteiger partial charge is 0.337 e. The zero-order valence-corrected chi connectivity index (χ0v) is 9.45. The fraction of sp³-hybridized carbons (Fsp3) is 0.800. The largest absolute Gasteiger partial charge is 0.337 e. The molecule has 1 rings (SSSR count). The highest BCUT2D eigenvalue weighted by molar-refractivity contribution is 5.81. The quantitative estimate of drug-likeness (QED) is 0.724. The van der Waals surface area contributed by atoms with E-state index in [-0.39, 0.29) is 11.9 Å². The van der Waals surface area contributed by atoms with Crippen LogP contribution in [0.2, 0.25) is 0 Å². The second-order valence-electron chi connectivity index (χ2n) is 4.78. The third-order valence-corrected chi connectivity index (χ3v) is 2.33. The average molecular weight is 214 g/mol. The Morgan fingerprint density at radius 1 is 1.60 bits per heavy atom. The van der Waals surface area contributed by atoms with Gasteiger partial charge in [0.15, 0.2) is 0 Å². The average Bonchev–Trinajstić information content (AvgIpc) is 2.46. The maximum absolute atomic E-state index is 11.6. The van der Waals surface area contributed by atoms with Crippen LogP contribution >= 0.6 is 0 Å². The van der Waals surface area contributed by atoms with Crippen LogP contribution < -0.4 is 5.73 Å². The van der Waals surface area contributed by atoms with Crippen molar-refractivity contribution in [2.45, 2.75) is 39.7 Å². The molecule has 0 aromatic rings. The van der Waals surface area contributed by atoms with Crippen molar-refractivity contribution in [3.63, 3.8) is 0 Å². The van der Waals surface area contributed by atoms with Crippen LogP contribution in [0, 0.1) is 5.41 Å². The summed E-state index contributed by atoms with van der Waals surface area (Å²) in [6.07, 6.45) is 1.06. The first-order valence-corrected chi connectivity index (χ1v) is 5.11. The van der Waals surface area contributed by atoms with Gasteiger partial charge in [0.25, 0.3) is 5.91 Å². The van der Waals surface area contributed by atoms with Crippen LogP contribution in [0.4, 0.5) is 0 Å². The first kappa shape index (κ1) is 12.0. The van der Waals surface area contributed by atoms with Crippen molar-refractivity contribution in [2.24, 2.45) is 11.1 Å². The SMILES string of the molecule is CC(C)(C)C(=O)ON1C(=O)CC[C@H]1CN. The number of nitrogens with zero attached hydrogens (tertiary/aromatic N) is 1. The molecular weight excluding hydrogens is 196 g/mol. The zero-order chi connectivity index (χ0) is 11.6. The summed E-state index contributed by atoms with van der Waals surface area (Å²) in [5.41, 5.74) is 4.88. The van der Waals surface area contributed by atoms with Crippen LogP contribution in [0.15, 0.2) is 0 Å². The monoisotopic (exact) mass is 214 g/mol. The van der Waals surface area contributed by atoms with Gasteiger partial charge in [-0.05, 0) is 27.2 Å². The van der Waals surface area contributed by atoms with Gasteiger partial charge in [-0.15, -0.1) is 0 Å². The standard InChI is InChI=1S/C10H18N2O3/c1-10(2,3)9(14)15-12-7(6-11)4-5-8(12)13/h7H,4-6,11H2,1-3H3/t7-/m0/s1. The van der Waals surface area contributed by atoms with E-state index in [9.17, 15) is 9.59 Å². The number of hydrogen-bond acceptors (Lipinski definition) is 4. The Morgan fingerprint density at radius 3 is 2.67 bits per heavy atom. The predicted molar refractivity (Wildman–Crippen MR) is 54.5 cm³/mol. The van der Waals surface area contributed by atoms with Crippen LogP contribution in [-0.4, -0.2) is 29.5 Å². The van der Waals surface area contributed by atoms with Gasteiger partial charge in [-0.2, -0.15) is 5.06 Å². The number of carbonyl (C=O) groups excluding carboxylic acids is 2. The lowest BCUT2D eigenvalue weighted by Crippen LogP contribution is -2.42. The molecule has 5 nitrogen and oxygen atoms in total. The van der Waals surface area contributed by atoms with Gasteiger partial charge < -0.3 is 10.6 Å². The van der Waals surface area contributed by atoms with Crippen LogP contribution in [0.5, 0.6) is 0 Å². The second kappa shape index (κ2) is 4.18. The summed E-state index contributed by atoms with van der Waals surface area (Å²) in [7, 11) is 0. The first-order chi connectivity index (χ1) is 6.86. The minimum Gasteiger partial charge on any atom is -0.337 e. The van der Waals surface area contributed by atoms with Gasteiger partial charge in [0.2, 0.25) is 0 Å². The number of nitrogens with two attached hydrogens (primary N) is 1. The lowest BCUT2D eigenvalue weighted by molar-refractivity contribution is -0.207. The molecule has 0 aromatic heterocycles. The molecule has 2 N–H and O–H groups in total. The van der Waals surface area contributed by atoms with Gasteiger partial charge in [-0.3, -0.25) is 4.79 Å². The molecule has 0 radical (unpaired) electrons. The second-order valence-corrected chi connectivity index (χ2v) is 4.78. The maximum Gasteiger partial charge on any atom is 0.337 e. The Kier molecular flexibility index (Phi) is 3.34. The molecule has 1 heterocycles. The van der Waals surface area contributed by atoms with E-state index in [1.807, 2.05) is 0 Å². The van der Waals surface area contributed by atoms with Gasteiger partial charge in [0.1, 0.15) is 0 Å². The molecule has 0 spiro atoms. The minimum atomic E-state index is -0.609. The lowest BCUT2D eigenvalue weighted by atomic mass is 9.98. The molecule has 0 bridgehead atoms. The third-order valence-electron chi connectivity index (χ3n) is 2.33. The normalized spacial score (nSPS) is 22.0. The van der Waals surface area contributed by atoms with E-state index in [0.29, 0.717) is 19.4 Å². The predicted octanol–water partition coefficient (Wildman–Crippen LogP) is 0.440. The van der Waals surface area contributed by atoms with Crippen molar-refractivity contribution in [1.29, 1.82) is 0 Å². The van der Waals surface area contributed by atoms with E-state index < -0.39 is 11.4 Å². The summed E-state index contributed by atoms with van der Waals surface area (Å²) in [5.74, 6) is -0.570. The molecule has 0 unspecified atom stereocenters. The Bertz CT molecular complexity index is 270. The molecular formula is C10H18N2O3. The third kappa shape index (κ3) is 2.68. The highest BCUT2D eigenvalue weighted by atomic mass is 16.7. The van der Waals surface area contributed by atoms with Crippen molar-refractivity contribution >= 4 is 11.9 Å². The molecule has 1 atom stereocenters. The van der Waals surface area contributed by atoms with Crippen LogP contribution in [0.1, 0.15) is 33.6 Å². The van der Waals surface area contributed by atoms with Crippen molar-refractivity contribution in [1.82, 2.24) is 5.06 Å². The summed E-state index contributed by atoms with van der Waals surface area (Å²) < 4.78 is 0. The van der Waals surface area contributed by atoms with Gasteiger partial charge in [-0.25, -0.2) is 4.79 Å². The molecule has 0 aromatic carbocycles. The van der Waals surface area contributed by atoms with Gasteiger partial charge in [0, 0.05) is 13.0 Å². The van der Waals surface area contributed by atoms with E-state index in [2.05, 4.69) is 0 Å². The van der Waals surface area contributed by atoms with Gasteiger partial charge in [0.05, 0.1) is 11.5 Å². The van der Waals surface area contributed by atoms with Crippen LogP contribution in [0.25, 0.3) is 0 Å². The Morgan fingerprint density at radius 2 is 2.20 bits per heavy atom. The van der Waals surface area contributed by atoms with Crippen LogP contribution in [-0.2, 0) is 14.4 Å². The molecule has 1 aliphatic heterocycles. The van der Waals surface area contributed by atoms with Crippen molar-refractivity contribution in [3.05, 3.63) is 0 Å². The lowest BCUT2D eigenvalue weighted by Gasteiger charge is -2.25. The molecule has 0 aliphatic carbocycles. The molecule has 5 heteroatoms. The van der Waals surface area contributed by atoms with E-state index >= 15 is 0 Å². The summed E-state index contributed by atoms with van der Waals surface area (Å²) in [6.45, 7) is 5.55. The number of hydrogen-bond donors (Lipinski definition) is 1. The highest BCUT2D eigenvalue weighted by Gasteiger charge is 2.36. The molecule has 15 heavy (non-hydrogen) atoms. The summed E-state index contributed by atoms with van der Waals surface area (Å²) in [4.78, 5) is 28.0. The minimum absolute atomic E-state index is 0.163. The Labute approximate surface area is 89.5 Å². The molecule has 1 saturated heterocycles. The Hall–Kier alpha value is -1.10. The van der Waals surface area contributed by atoms with E-state index in [1.54, 1.807) is 20.8 Å². The fourth-order valence-corrected chi connectivity index (χ4v) is 1.29. The van der Waals surface area contributed by atoms with Crippen molar-refractivity contribution in [3.8, 4) is 0 Å². The van der Waals surface area contributed by atoms with E-state index in [1.165, 1.54) is 0 Å². The summed E-state index contributed by atoms with van der Waals surface area (Å²) in [6, 6.07) is -0.163. The number of amides is 1. The summed E-state index contributed by atoms with van der Waals surface area (Å²) >= 11 is 0. The number of carbonyl (C=O) groups is 2. The summed E-state index contributed by atoms with van der Waals surface area (Å²) in [5, 5.41) is 1.13. The van der Waals surface area contributed by atoms with Gasteiger partial charge in [-0.1, -0.05) is 0 Å². The van der Waals surface area contributed by atoms with Crippen LogP contribution in [0.3, 0.4) is 0 Å². The highest BCUT2D eigenvalue weighted by Crippen LogP contribution is 2.22. The fourth-order valence-electron chi connectivity index (χ4n) is 1.29. The van der Waals surface area contributed by atoms with Crippen molar-refractivity contribution < 1.29 is 14.4 Å². The molecule has 1 aliphatic rings. The van der Waals surface area contributed by atoms with E-state index in [4.69, 9.17) is 10.6 Å². The first-order valence-electron chi connectivity index (χ1n) is 5.11. The topological polar surface area (TPSA) is 72.6 Å². The van der Waals surface area contributed by atoms with Crippen molar-refractivity contribution in [2.75, 3.05) is 6.54 Å². The maximum atomic E-state index is 11.6. The molecule has 1 fully saturated rings. The van der Waals surface area contributed by atoms with E-state index in [0.717, 1.165) is 5.06 Å². The zero-order valence-electron chi connectivity index (χ0n) is 9.45. The van der Waals surface area contributed by atoms with Gasteiger partial charge >= 0.3 is 5.97 Å². The Balaban J connectivity index is 2.64. The molecule has 0 saturated carbocycles. The number of rotatable bonds is 2. The molecule has 86 valence electrons. The molecule has 1 amide bonds. The number of hydroxylamine groups is 2.